The average Bonchev–Trinajstić information content (AvgIpc) is 3.35. The van der Waals surface area contributed by atoms with Crippen LogP contribution < -0.4 is 0 Å². The van der Waals surface area contributed by atoms with Crippen molar-refractivity contribution in [2.45, 2.75) is 64.6 Å². The van der Waals surface area contributed by atoms with Gasteiger partial charge in [-0.3, -0.25) is 14.4 Å². The maximum Gasteiger partial charge on any atom is 0.303 e. The van der Waals surface area contributed by atoms with Crippen LogP contribution in [0.3, 0.4) is 0 Å². The number of benzene rings is 2. The first kappa shape index (κ1) is 29.4. The van der Waals surface area contributed by atoms with E-state index in [-0.39, 0.29) is 5.82 Å². The van der Waals surface area contributed by atoms with Crippen LogP contribution in [0.5, 0.6) is 0 Å². The molecule has 2 heterocycles. The number of thiophene rings is 1. The standard InChI is InChI=1S/C30H31FO8S/c1-16-5-6-21(13-22(16)14-24-11-12-26(40-24)20-7-9-23(31)10-8-20)27-29(37-18(3)34)30(38-19(4)35)28(36-17(2)33)25(15-32)39-27/h5-13,25,27-30,32H,14-15H2,1-4H3/t25-,27+,28-,29+,30+/m1/s1. The molecular weight excluding hydrogens is 539 g/mol. The average molecular weight is 571 g/mol. The number of esters is 3. The van der Waals surface area contributed by atoms with Gasteiger partial charge in [0, 0.05) is 36.9 Å². The number of hydrogen-bond acceptors (Lipinski definition) is 9. The molecule has 10 heteroatoms. The van der Waals surface area contributed by atoms with E-state index in [9.17, 15) is 23.9 Å². The van der Waals surface area contributed by atoms with Crippen molar-refractivity contribution >= 4 is 29.2 Å². The van der Waals surface area contributed by atoms with Crippen molar-refractivity contribution in [2.75, 3.05) is 6.61 Å². The van der Waals surface area contributed by atoms with Crippen molar-refractivity contribution in [1.29, 1.82) is 0 Å². The summed E-state index contributed by atoms with van der Waals surface area (Å²) in [5.74, 6) is -2.27. The minimum Gasteiger partial charge on any atom is -0.456 e. The minimum atomic E-state index is -1.21. The highest BCUT2D eigenvalue weighted by Crippen LogP contribution is 2.38. The van der Waals surface area contributed by atoms with Gasteiger partial charge < -0.3 is 24.1 Å². The van der Waals surface area contributed by atoms with Crippen molar-refractivity contribution in [3.8, 4) is 10.4 Å². The molecule has 4 rings (SSSR count). The van der Waals surface area contributed by atoms with Crippen molar-refractivity contribution in [1.82, 2.24) is 0 Å². The highest BCUT2D eigenvalue weighted by molar-refractivity contribution is 7.15. The molecule has 0 amide bonds. The van der Waals surface area contributed by atoms with Crippen LogP contribution in [0, 0.1) is 12.7 Å². The second-order valence-electron chi connectivity index (χ2n) is 9.64. The van der Waals surface area contributed by atoms with E-state index in [1.807, 2.05) is 37.3 Å². The molecule has 0 aliphatic carbocycles. The predicted molar refractivity (Wildman–Crippen MR) is 145 cm³/mol. The van der Waals surface area contributed by atoms with Crippen molar-refractivity contribution in [3.63, 3.8) is 0 Å². The zero-order valence-corrected chi connectivity index (χ0v) is 23.4. The number of carbonyl (C=O) groups excluding carboxylic acids is 3. The third kappa shape index (κ3) is 6.93. The zero-order valence-electron chi connectivity index (χ0n) is 22.6. The minimum absolute atomic E-state index is 0.288. The summed E-state index contributed by atoms with van der Waals surface area (Å²) in [5.41, 5.74) is 3.58. The number of aryl methyl sites for hydroxylation is 1. The Morgan fingerprint density at radius 2 is 1.50 bits per heavy atom. The van der Waals surface area contributed by atoms with Gasteiger partial charge in [0.25, 0.3) is 0 Å². The summed E-state index contributed by atoms with van der Waals surface area (Å²) < 4.78 is 35.9. The normalized spacial score (nSPS) is 22.4. The van der Waals surface area contributed by atoms with Gasteiger partial charge in [-0.2, -0.15) is 0 Å². The van der Waals surface area contributed by atoms with E-state index >= 15 is 0 Å². The molecule has 1 aromatic heterocycles. The van der Waals surface area contributed by atoms with E-state index in [2.05, 4.69) is 0 Å². The van der Waals surface area contributed by atoms with Gasteiger partial charge in [-0.1, -0.05) is 30.3 Å². The second kappa shape index (κ2) is 12.7. The van der Waals surface area contributed by atoms with Gasteiger partial charge in [-0.15, -0.1) is 11.3 Å². The predicted octanol–water partition coefficient (Wildman–Crippen LogP) is 4.68. The Labute approximate surface area is 235 Å². The van der Waals surface area contributed by atoms with E-state index < -0.39 is 55.0 Å². The highest BCUT2D eigenvalue weighted by atomic mass is 32.1. The molecule has 2 aromatic carbocycles. The molecule has 1 fully saturated rings. The zero-order chi connectivity index (χ0) is 29.0. The van der Waals surface area contributed by atoms with Crippen molar-refractivity contribution < 1.29 is 42.8 Å². The lowest BCUT2D eigenvalue weighted by atomic mass is 9.89. The van der Waals surface area contributed by atoms with Gasteiger partial charge in [0.1, 0.15) is 18.0 Å². The second-order valence-corrected chi connectivity index (χ2v) is 10.8. The topological polar surface area (TPSA) is 108 Å². The SMILES string of the molecule is CC(=O)O[C@@H]1[C@@H](OC(C)=O)[C@H](c2ccc(C)c(Cc3ccc(-c4ccc(F)cc4)s3)c2)O[C@H](CO)[C@H]1OC(C)=O. The number of ether oxygens (including phenoxy) is 4. The fourth-order valence-corrected chi connectivity index (χ4v) is 5.83. The Morgan fingerprint density at radius 1 is 0.875 bits per heavy atom. The summed E-state index contributed by atoms with van der Waals surface area (Å²) >= 11 is 1.60. The smallest absolute Gasteiger partial charge is 0.303 e. The van der Waals surface area contributed by atoms with Crippen LogP contribution in [0.2, 0.25) is 0 Å². The lowest BCUT2D eigenvalue weighted by Gasteiger charge is -2.44. The van der Waals surface area contributed by atoms with Crippen LogP contribution in [-0.4, -0.2) is 54.0 Å². The van der Waals surface area contributed by atoms with Gasteiger partial charge in [0.05, 0.1) is 6.61 Å². The van der Waals surface area contributed by atoms with Crippen LogP contribution in [0.15, 0.2) is 54.6 Å². The molecule has 1 aliphatic heterocycles. The lowest BCUT2D eigenvalue weighted by molar-refractivity contribution is -0.253. The molecule has 1 aliphatic rings. The molecule has 5 atom stereocenters. The molecule has 0 saturated carbocycles. The quantitative estimate of drug-likeness (QED) is 0.307. The van der Waals surface area contributed by atoms with Gasteiger partial charge in [-0.05, 0) is 53.4 Å². The lowest BCUT2D eigenvalue weighted by Crippen LogP contribution is -2.59. The molecule has 0 radical (unpaired) electrons. The third-order valence-electron chi connectivity index (χ3n) is 6.58. The molecular formula is C30H31FO8S. The number of rotatable bonds is 8. The van der Waals surface area contributed by atoms with Crippen LogP contribution in [0.4, 0.5) is 4.39 Å². The van der Waals surface area contributed by atoms with E-state index in [1.165, 1.54) is 32.9 Å². The molecule has 1 N–H and O–H groups in total. The third-order valence-corrected chi connectivity index (χ3v) is 7.71. The number of hydrogen-bond donors (Lipinski definition) is 1. The summed E-state index contributed by atoms with van der Waals surface area (Å²) in [4.78, 5) is 38.0. The van der Waals surface area contributed by atoms with E-state index in [1.54, 1.807) is 23.5 Å². The number of halogens is 1. The molecule has 212 valence electrons. The Kier molecular flexibility index (Phi) is 9.34. The molecule has 0 unspecified atom stereocenters. The molecule has 0 bridgehead atoms. The summed E-state index contributed by atoms with van der Waals surface area (Å²) in [7, 11) is 0. The number of carbonyl (C=O) groups is 3. The molecule has 1 saturated heterocycles. The largest absolute Gasteiger partial charge is 0.456 e. The maximum absolute atomic E-state index is 13.3. The highest BCUT2D eigenvalue weighted by Gasteiger charge is 2.52. The molecule has 0 spiro atoms. The fourth-order valence-electron chi connectivity index (χ4n) is 4.80. The van der Waals surface area contributed by atoms with Gasteiger partial charge in [0.2, 0.25) is 0 Å². The van der Waals surface area contributed by atoms with E-state index in [4.69, 9.17) is 18.9 Å². The van der Waals surface area contributed by atoms with Crippen LogP contribution >= 0.6 is 11.3 Å². The van der Waals surface area contributed by atoms with Gasteiger partial charge in [0.15, 0.2) is 18.3 Å². The van der Waals surface area contributed by atoms with Gasteiger partial charge in [-0.25, -0.2) is 4.39 Å². The molecule has 40 heavy (non-hydrogen) atoms. The Balaban J connectivity index is 1.67. The van der Waals surface area contributed by atoms with Crippen LogP contribution in [-0.2, 0) is 39.8 Å². The van der Waals surface area contributed by atoms with Crippen molar-refractivity contribution in [3.05, 3.63) is 82.0 Å². The van der Waals surface area contributed by atoms with Gasteiger partial charge >= 0.3 is 17.9 Å². The van der Waals surface area contributed by atoms with Crippen LogP contribution in [0.1, 0.15) is 48.4 Å². The first-order valence-electron chi connectivity index (χ1n) is 12.8. The Morgan fingerprint density at radius 3 is 2.12 bits per heavy atom. The maximum atomic E-state index is 13.3. The van der Waals surface area contributed by atoms with E-state index in [0.717, 1.165) is 26.4 Å². The molecule has 8 nitrogen and oxygen atoms in total. The fraction of sp³-hybridized carbons (Fsp3) is 0.367. The summed E-state index contributed by atoms with van der Waals surface area (Å²) in [5, 5.41) is 10.1. The summed E-state index contributed by atoms with van der Waals surface area (Å²) in [6.45, 7) is 5.05. The number of aliphatic hydroxyl groups excluding tert-OH is 1. The van der Waals surface area contributed by atoms with Crippen LogP contribution in [0.25, 0.3) is 10.4 Å². The first-order chi connectivity index (χ1) is 19.0. The Hall–Kier alpha value is -3.60. The summed E-state index contributed by atoms with van der Waals surface area (Å²) in [6.07, 6.45) is -4.89. The summed E-state index contributed by atoms with van der Waals surface area (Å²) in [6, 6.07) is 16.0. The monoisotopic (exact) mass is 570 g/mol. The molecule has 3 aromatic rings. The first-order valence-corrected chi connectivity index (χ1v) is 13.6. The van der Waals surface area contributed by atoms with Crippen molar-refractivity contribution in [2.24, 2.45) is 0 Å². The van der Waals surface area contributed by atoms with E-state index in [0.29, 0.717) is 12.0 Å². The Bertz CT molecular complexity index is 1370. The number of aliphatic hydroxyl groups is 1.